The van der Waals surface area contributed by atoms with Crippen LogP contribution in [0.15, 0.2) is 54.6 Å². The second kappa shape index (κ2) is 11.7. The van der Waals surface area contributed by atoms with E-state index < -0.39 is 29.1 Å². The summed E-state index contributed by atoms with van der Waals surface area (Å²) in [6.45, 7) is 8.20. The van der Waals surface area contributed by atoms with Crippen LogP contribution in [0.25, 0.3) is 0 Å². The lowest BCUT2D eigenvalue weighted by Crippen LogP contribution is -2.55. The Morgan fingerprint density at radius 2 is 1.54 bits per heavy atom. The first-order valence-electron chi connectivity index (χ1n) is 12.9. The van der Waals surface area contributed by atoms with Gasteiger partial charge in [0.05, 0.1) is 16.9 Å². The van der Waals surface area contributed by atoms with Gasteiger partial charge in [0.1, 0.15) is 11.9 Å². The van der Waals surface area contributed by atoms with E-state index in [2.05, 4.69) is 5.32 Å². The van der Waals surface area contributed by atoms with Crippen molar-refractivity contribution in [1.82, 2.24) is 15.1 Å². The first kappa shape index (κ1) is 28.0. The van der Waals surface area contributed by atoms with Crippen LogP contribution in [0.4, 0.5) is 4.39 Å². The molecule has 1 unspecified atom stereocenters. The van der Waals surface area contributed by atoms with Gasteiger partial charge in [-0.2, -0.15) is 0 Å². The van der Waals surface area contributed by atoms with E-state index in [-0.39, 0.29) is 42.3 Å². The summed E-state index contributed by atoms with van der Waals surface area (Å²) in [5, 5.41) is 2.69. The van der Waals surface area contributed by atoms with E-state index >= 15 is 0 Å². The Labute approximate surface area is 218 Å². The van der Waals surface area contributed by atoms with Gasteiger partial charge < -0.3 is 10.2 Å². The van der Waals surface area contributed by atoms with E-state index in [9.17, 15) is 23.6 Å². The molecular weight excluding hydrogens is 473 g/mol. The van der Waals surface area contributed by atoms with Crippen LogP contribution in [0, 0.1) is 17.2 Å². The van der Waals surface area contributed by atoms with Crippen molar-refractivity contribution < 1.29 is 23.6 Å². The summed E-state index contributed by atoms with van der Waals surface area (Å²) in [6.07, 6.45) is 0.693. The molecule has 2 aliphatic heterocycles. The summed E-state index contributed by atoms with van der Waals surface area (Å²) in [7, 11) is 1.51. The molecule has 2 saturated heterocycles. The van der Waals surface area contributed by atoms with Crippen LogP contribution < -0.4 is 5.32 Å². The Bertz CT molecular complexity index is 1140. The molecule has 2 heterocycles. The summed E-state index contributed by atoms with van der Waals surface area (Å²) in [4.78, 5) is 55.2. The number of nitrogens with zero attached hydrogens (tertiary/aromatic N) is 2. The minimum Gasteiger partial charge on any atom is -0.341 e. The molecule has 1 spiro atoms. The fourth-order valence-corrected chi connectivity index (χ4v) is 5.30. The molecule has 0 radical (unpaired) electrons. The molecule has 2 aromatic carbocycles. The average molecular weight is 510 g/mol. The molecule has 0 aromatic heterocycles. The second-order valence-corrected chi connectivity index (χ2v) is 9.70. The first-order chi connectivity index (χ1) is 17.7. The Balaban J connectivity index is 0.00000186. The largest absolute Gasteiger partial charge is 0.341 e. The summed E-state index contributed by atoms with van der Waals surface area (Å²) < 4.78 is 14.1. The predicted molar refractivity (Wildman–Crippen MR) is 139 cm³/mol. The topological polar surface area (TPSA) is 86.8 Å². The molecule has 2 atom stereocenters. The van der Waals surface area contributed by atoms with Crippen LogP contribution in [0.1, 0.15) is 62.4 Å². The summed E-state index contributed by atoms with van der Waals surface area (Å²) in [5.74, 6) is -2.82. The SMILES string of the molecule is CC.CC(C)[C@@H](NC(=O)c1ccccc1F)C(=O)N1CCC2(CC1)C(=O)N(C)C(=O)C2c1ccccc1. The highest BCUT2D eigenvalue weighted by molar-refractivity contribution is 6.10. The van der Waals surface area contributed by atoms with Crippen molar-refractivity contribution in [3.05, 3.63) is 71.5 Å². The number of benzene rings is 2. The fourth-order valence-electron chi connectivity index (χ4n) is 5.30. The smallest absolute Gasteiger partial charge is 0.254 e. The third kappa shape index (κ3) is 5.29. The highest BCUT2D eigenvalue weighted by atomic mass is 19.1. The molecule has 2 aliphatic rings. The van der Waals surface area contributed by atoms with Gasteiger partial charge in [0, 0.05) is 20.1 Å². The van der Waals surface area contributed by atoms with Crippen LogP contribution in [0.3, 0.4) is 0 Å². The number of nitrogens with one attached hydrogen (secondary N) is 1. The molecule has 198 valence electrons. The van der Waals surface area contributed by atoms with Crippen LogP contribution in [-0.4, -0.2) is 59.6 Å². The molecule has 7 nitrogen and oxygen atoms in total. The van der Waals surface area contributed by atoms with Gasteiger partial charge >= 0.3 is 0 Å². The molecule has 0 bridgehead atoms. The lowest BCUT2D eigenvalue weighted by atomic mass is 9.67. The number of imide groups is 1. The van der Waals surface area contributed by atoms with Gasteiger partial charge in [0.2, 0.25) is 17.7 Å². The normalized spacial score (nSPS) is 19.5. The molecule has 0 saturated carbocycles. The van der Waals surface area contributed by atoms with Crippen LogP contribution in [0.5, 0.6) is 0 Å². The summed E-state index contributed by atoms with van der Waals surface area (Å²) in [5.41, 5.74) is -0.215. The third-order valence-electron chi connectivity index (χ3n) is 7.30. The molecule has 0 aliphatic carbocycles. The molecular formula is C29H36FN3O4. The number of likely N-dealkylation sites (N-methyl/N-ethyl adjacent to an activating group) is 1. The van der Waals surface area contributed by atoms with E-state index in [0.29, 0.717) is 12.8 Å². The standard InChI is InChI=1S/C27H30FN3O4.C2H6/c1-17(2)22(29-23(32)19-11-7-8-12-20(19)28)25(34)31-15-13-27(14-16-31)21(18-9-5-4-6-10-18)24(33)30(3)26(27)35;1-2/h4-12,17,21-22H,13-16H2,1-3H3,(H,29,32);1-2H3/t21?,22-;/m1./s1. The van der Waals surface area contributed by atoms with Gasteiger partial charge in [0.15, 0.2) is 0 Å². The summed E-state index contributed by atoms with van der Waals surface area (Å²) in [6, 6.07) is 14.1. The van der Waals surface area contributed by atoms with Gasteiger partial charge in [-0.15, -0.1) is 0 Å². The predicted octanol–water partition coefficient (Wildman–Crippen LogP) is 4.00. The van der Waals surface area contributed by atoms with Gasteiger partial charge in [0.25, 0.3) is 5.91 Å². The zero-order valence-corrected chi connectivity index (χ0v) is 22.2. The Kier molecular flexibility index (Phi) is 8.84. The van der Waals surface area contributed by atoms with Crippen molar-refractivity contribution in [1.29, 1.82) is 0 Å². The first-order valence-corrected chi connectivity index (χ1v) is 12.9. The number of piperidine rings is 1. The number of halogens is 1. The third-order valence-corrected chi connectivity index (χ3v) is 7.30. The number of amides is 4. The van der Waals surface area contributed by atoms with Gasteiger partial charge in [-0.25, -0.2) is 4.39 Å². The van der Waals surface area contributed by atoms with Crippen molar-refractivity contribution >= 4 is 23.6 Å². The number of rotatable bonds is 5. The van der Waals surface area contributed by atoms with Crippen LogP contribution in [-0.2, 0) is 14.4 Å². The number of likely N-dealkylation sites (tertiary alicyclic amines) is 2. The van der Waals surface area contributed by atoms with E-state index in [1.807, 2.05) is 58.0 Å². The molecule has 2 aromatic rings. The maximum atomic E-state index is 14.1. The van der Waals surface area contributed by atoms with Crippen molar-refractivity contribution in [2.45, 2.75) is 52.5 Å². The molecule has 2 fully saturated rings. The maximum Gasteiger partial charge on any atom is 0.254 e. The van der Waals surface area contributed by atoms with Crippen molar-refractivity contribution in [3.8, 4) is 0 Å². The van der Waals surface area contributed by atoms with Gasteiger partial charge in [-0.3, -0.25) is 24.1 Å². The van der Waals surface area contributed by atoms with Crippen LogP contribution in [0.2, 0.25) is 0 Å². The Morgan fingerprint density at radius 1 is 0.973 bits per heavy atom. The van der Waals surface area contributed by atoms with E-state index in [1.165, 1.54) is 30.1 Å². The molecule has 8 heteroatoms. The van der Waals surface area contributed by atoms with E-state index in [4.69, 9.17) is 0 Å². The second-order valence-electron chi connectivity index (χ2n) is 9.70. The van der Waals surface area contributed by atoms with E-state index in [0.717, 1.165) is 5.56 Å². The lowest BCUT2D eigenvalue weighted by molar-refractivity contribution is -0.144. The van der Waals surface area contributed by atoms with Crippen molar-refractivity contribution in [2.24, 2.45) is 11.3 Å². The zero-order valence-electron chi connectivity index (χ0n) is 22.2. The number of carbonyl (C=O) groups is 4. The fraction of sp³-hybridized carbons (Fsp3) is 0.448. The Morgan fingerprint density at radius 3 is 2.11 bits per heavy atom. The average Bonchev–Trinajstić information content (AvgIpc) is 3.09. The highest BCUT2D eigenvalue weighted by Crippen LogP contribution is 2.51. The van der Waals surface area contributed by atoms with Gasteiger partial charge in [-0.1, -0.05) is 70.2 Å². The highest BCUT2D eigenvalue weighted by Gasteiger charge is 2.59. The van der Waals surface area contributed by atoms with Crippen LogP contribution >= 0.6 is 0 Å². The summed E-state index contributed by atoms with van der Waals surface area (Å²) >= 11 is 0. The Hall–Kier alpha value is -3.55. The lowest BCUT2D eigenvalue weighted by Gasteiger charge is -2.41. The van der Waals surface area contributed by atoms with Crippen molar-refractivity contribution in [3.63, 3.8) is 0 Å². The number of hydrogen-bond donors (Lipinski definition) is 1. The maximum absolute atomic E-state index is 14.1. The quantitative estimate of drug-likeness (QED) is 0.618. The molecule has 1 N–H and O–H groups in total. The van der Waals surface area contributed by atoms with E-state index in [1.54, 1.807) is 11.0 Å². The molecule has 37 heavy (non-hydrogen) atoms. The molecule has 4 amide bonds. The minimum absolute atomic E-state index is 0.118. The zero-order chi connectivity index (χ0) is 27.3. The monoisotopic (exact) mass is 509 g/mol. The van der Waals surface area contributed by atoms with Gasteiger partial charge in [-0.05, 0) is 36.5 Å². The minimum atomic E-state index is -0.895. The molecule has 4 rings (SSSR count). The number of carbonyl (C=O) groups excluding carboxylic acids is 4. The number of hydrogen-bond acceptors (Lipinski definition) is 4. The van der Waals surface area contributed by atoms with Crippen molar-refractivity contribution in [2.75, 3.05) is 20.1 Å².